The second-order valence-electron chi connectivity index (χ2n) is 8.99. The first-order valence-corrected chi connectivity index (χ1v) is 12.5. The summed E-state index contributed by atoms with van der Waals surface area (Å²) < 4.78 is 5.69. The molecule has 1 aliphatic heterocycles. The summed E-state index contributed by atoms with van der Waals surface area (Å²) in [5.41, 5.74) is 2.69. The molecule has 4 aromatic rings. The largest absolute Gasteiger partial charge is 0.456 e. The average molecular weight is 523 g/mol. The van der Waals surface area contributed by atoms with Gasteiger partial charge in [-0.25, -0.2) is 0 Å². The third kappa shape index (κ3) is 6.04. The number of nitro benzene ring substituents is 1. The van der Waals surface area contributed by atoms with Gasteiger partial charge in [0, 0.05) is 55.3 Å². The molecule has 1 aliphatic rings. The van der Waals surface area contributed by atoms with E-state index in [1.54, 1.807) is 30.3 Å². The molecule has 9 heteroatoms. The van der Waals surface area contributed by atoms with Crippen LogP contribution in [0.5, 0.6) is 0 Å². The number of para-hydroxylation sites is 1. The zero-order valence-electron chi connectivity index (χ0n) is 21.0. The minimum atomic E-state index is -0.459. The number of benzene rings is 3. The smallest absolute Gasteiger partial charge is 0.280 e. The van der Waals surface area contributed by atoms with E-state index in [1.165, 1.54) is 18.2 Å². The Morgan fingerprint density at radius 2 is 1.54 bits per heavy atom. The molecule has 196 valence electrons. The fourth-order valence-electron chi connectivity index (χ4n) is 4.46. The van der Waals surface area contributed by atoms with E-state index in [-0.39, 0.29) is 17.5 Å². The molecule has 0 unspecified atom stereocenters. The first-order chi connectivity index (χ1) is 19.0. The molecule has 39 heavy (non-hydrogen) atoms. The van der Waals surface area contributed by atoms with Gasteiger partial charge in [-0.15, -0.1) is 0 Å². The van der Waals surface area contributed by atoms with Gasteiger partial charge in [-0.1, -0.05) is 30.3 Å². The fraction of sp³-hybridized carbons (Fsp3) is 0.133. The lowest BCUT2D eigenvalue weighted by Crippen LogP contribution is -2.48. The number of hydrogen-bond acceptors (Lipinski definition) is 6. The summed E-state index contributed by atoms with van der Waals surface area (Å²) in [6.45, 7) is 2.74. The van der Waals surface area contributed by atoms with Crippen molar-refractivity contribution < 1.29 is 18.9 Å². The number of nitrogens with zero attached hydrogens (tertiary/aromatic N) is 3. The molecule has 2 heterocycles. The highest BCUT2D eigenvalue weighted by atomic mass is 16.6. The van der Waals surface area contributed by atoms with Crippen LogP contribution in [0.25, 0.3) is 17.4 Å². The molecule has 1 aromatic heterocycles. The zero-order chi connectivity index (χ0) is 27.2. The number of hydrogen-bond donors (Lipinski definition) is 1. The number of amides is 2. The number of rotatable bonds is 7. The van der Waals surface area contributed by atoms with Crippen LogP contribution in [-0.4, -0.2) is 47.8 Å². The van der Waals surface area contributed by atoms with Crippen molar-refractivity contribution in [2.75, 3.05) is 36.4 Å². The van der Waals surface area contributed by atoms with Crippen LogP contribution in [0.2, 0.25) is 0 Å². The highest BCUT2D eigenvalue weighted by molar-refractivity contribution is 6.01. The SMILES string of the molecule is O=C(/C=C/c1ccc(-c2ccccc2[N+](=O)[O-])o1)Nc1ccc(N2CCN(C(=O)c3ccccc3)CC2)cc1. The third-order valence-corrected chi connectivity index (χ3v) is 6.48. The molecule has 5 rings (SSSR count). The van der Waals surface area contributed by atoms with E-state index in [4.69, 9.17) is 4.42 Å². The molecule has 0 atom stereocenters. The second kappa shape index (κ2) is 11.5. The van der Waals surface area contributed by atoms with Gasteiger partial charge in [0.2, 0.25) is 5.91 Å². The molecule has 1 N–H and O–H groups in total. The van der Waals surface area contributed by atoms with Crippen molar-refractivity contribution in [3.05, 3.63) is 119 Å². The normalized spacial score (nSPS) is 13.4. The highest BCUT2D eigenvalue weighted by Gasteiger charge is 2.22. The molecule has 1 saturated heterocycles. The predicted molar refractivity (Wildman–Crippen MR) is 149 cm³/mol. The Labute approximate surface area is 225 Å². The lowest BCUT2D eigenvalue weighted by molar-refractivity contribution is -0.384. The Hall–Kier alpha value is -5.18. The summed E-state index contributed by atoms with van der Waals surface area (Å²) in [4.78, 5) is 40.0. The van der Waals surface area contributed by atoms with Crippen molar-refractivity contribution in [3.8, 4) is 11.3 Å². The topological polar surface area (TPSA) is 109 Å². The van der Waals surface area contributed by atoms with Crippen molar-refractivity contribution in [3.63, 3.8) is 0 Å². The Morgan fingerprint density at radius 1 is 0.846 bits per heavy atom. The third-order valence-electron chi connectivity index (χ3n) is 6.48. The second-order valence-corrected chi connectivity index (χ2v) is 8.99. The lowest BCUT2D eigenvalue weighted by Gasteiger charge is -2.36. The summed E-state index contributed by atoms with van der Waals surface area (Å²) in [5, 5.41) is 14.1. The molecule has 0 bridgehead atoms. The molecular formula is C30H26N4O5. The first kappa shape index (κ1) is 25.5. The quantitative estimate of drug-likeness (QED) is 0.196. The maximum atomic E-state index is 12.7. The van der Waals surface area contributed by atoms with Gasteiger partial charge < -0.3 is 19.5 Å². The maximum absolute atomic E-state index is 12.7. The van der Waals surface area contributed by atoms with Gasteiger partial charge in [0.15, 0.2) is 0 Å². The number of carbonyl (C=O) groups excluding carboxylic acids is 2. The van der Waals surface area contributed by atoms with E-state index in [2.05, 4.69) is 10.2 Å². The van der Waals surface area contributed by atoms with Gasteiger partial charge >= 0.3 is 0 Å². The van der Waals surface area contributed by atoms with Crippen LogP contribution in [0.15, 0.2) is 101 Å². The standard InChI is InChI=1S/C30H26N4O5/c35-29(17-15-25-14-16-28(39-25)26-8-4-5-9-27(26)34(37)38)31-23-10-12-24(13-11-23)32-18-20-33(21-19-32)30(36)22-6-2-1-3-7-22/h1-17H,18-21H2,(H,31,35)/b17-15+. The molecular weight excluding hydrogens is 496 g/mol. The van der Waals surface area contributed by atoms with Gasteiger partial charge in [0.25, 0.3) is 11.6 Å². The Bertz CT molecular complexity index is 1500. The van der Waals surface area contributed by atoms with Crippen LogP contribution < -0.4 is 10.2 Å². The number of nitrogens with one attached hydrogen (secondary N) is 1. The molecule has 0 aliphatic carbocycles. The summed E-state index contributed by atoms with van der Waals surface area (Å²) in [7, 11) is 0. The van der Waals surface area contributed by atoms with Crippen LogP contribution in [0.4, 0.5) is 17.1 Å². The maximum Gasteiger partial charge on any atom is 0.280 e. The number of carbonyl (C=O) groups is 2. The highest BCUT2D eigenvalue weighted by Crippen LogP contribution is 2.31. The predicted octanol–water partition coefficient (Wildman–Crippen LogP) is 5.47. The fourth-order valence-corrected chi connectivity index (χ4v) is 4.46. The van der Waals surface area contributed by atoms with Crippen LogP contribution in [0, 0.1) is 10.1 Å². The van der Waals surface area contributed by atoms with Crippen molar-refractivity contribution >= 4 is 35.0 Å². The lowest BCUT2D eigenvalue weighted by atomic mass is 10.1. The van der Waals surface area contributed by atoms with Crippen LogP contribution in [0.1, 0.15) is 16.1 Å². The summed E-state index contributed by atoms with van der Waals surface area (Å²) in [5.74, 6) is 0.467. The van der Waals surface area contributed by atoms with Crippen molar-refractivity contribution in [1.29, 1.82) is 0 Å². The molecule has 0 spiro atoms. The molecule has 0 saturated carbocycles. The summed E-state index contributed by atoms with van der Waals surface area (Å²) in [6.07, 6.45) is 2.86. The van der Waals surface area contributed by atoms with E-state index >= 15 is 0 Å². The van der Waals surface area contributed by atoms with E-state index < -0.39 is 4.92 Å². The average Bonchev–Trinajstić information content (AvgIpc) is 3.46. The van der Waals surface area contributed by atoms with Crippen molar-refractivity contribution in [1.82, 2.24) is 4.90 Å². The van der Waals surface area contributed by atoms with Crippen LogP contribution >= 0.6 is 0 Å². The van der Waals surface area contributed by atoms with Gasteiger partial charge in [0.05, 0.1) is 10.5 Å². The minimum absolute atomic E-state index is 0.0496. The van der Waals surface area contributed by atoms with E-state index in [0.29, 0.717) is 41.4 Å². The summed E-state index contributed by atoms with van der Waals surface area (Å²) in [6, 6.07) is 26.5. The molecule has 1 fully saturated rings. The Balaban J connectivity index is 1.14. The Kier molecular flexibility index (Phi) is 7.49. The van der Waals surface area contributed by atoms with Crippen LogP contribution in [0.3, 0.4) is 0 Å². The minimum Gasteiger partial charge on any atom is -0.456 e. The first-order valence-electron chi connectivity index (χ1n) is 12.5. The number of furan rings is 1. The zero-order valence-corrected chi connectivity index (χ0v) is 21.0. The van der Waals surface area contributed by atoms with Crippen LogP contribution in [-0.2, 0) is 4.79 Å². The van der Waals surface area contributed by atoms with Gasteiger partial charge in [-0.2, -0.15) is 0 Å². The van der Waals surface area contributed by atoms with E-state index in [1.807, 2.05) is 59.5 Å². The van der Waals surface area contributed by atoms with Crippen molar-refractivity contribution in [2.45, 2.75) is 0 Å². The van der Waals surface area contributed by atoms with E-state index in [9.17, 15) is 19.7 Å². The van der Waals surface area contributed by atoms with Gasteiger partial charge in [0.1, 0.15) is 11.5 Å². The summed E-state index contributed by atoms with van der Waals surface area (Å²) >= 11 is 0. The Morgan fingerprint density at radius 3 is 2.26 bits per heavy atom. The monoisotopic (exact) mass is 522 g/mol. The molecule has 3 aromatic carbocycles. The van der Waals surface area contributed by atoms with Gasteiger partial charge in [-0.05, 0) is 60.7 Å². The van der Waals surface area contributed by atoms with Crippen molar-refractivity contribution in [2.24, 2.45) is 0 Å². The molecule has 2 amide bonds. The molecule has 9 nitrogen and oxygen atoms in total. The van der Waals surface area contributed by atoms with E-state index in [0.717, 1.165) is 18.8 Å². The number of anilines is 2. The molecule has 0 radical (unpaired) electrons. The van der Waals surface area contributed by atoms with Gasteiger partial charge in [-0.3, -0.25) is 19.7 Å². The number of nitro groups is 1. The number of piperazine rings is 1.